The molecular weight excluding hydrogens is 433 g/mol. The van der Waals surface area contributed by atoms with Crippen LogP contribution in [0.3, 0.4) is 0 Å². The Morgan fingerprint density at radius 3 is 2.71 bits per heavy atom. The molecule has 2 aliphatic rings. The summed E-state index contributed by atoms with van der Waals surface area (Å²) in [5, 5.41) is 0. The van der Waals surface area contributed by atoms with Crippen LogP contribution < -0.4 is 0 Å². The number of halogens is 1. The van der Waals surface area contributed by atoms with Crippen molar-refractivity contribution in [3.8, 4) is 0 Å². The van der Waals surface area contributed by atoms with Crippen LogP contribution in [-0.4, -0.2) is 58.4 Å². The molecule has 2 saturated heterocycles. The van der Waals surface area contributed by atoms with Gasteiger partial charge < -0.3 is 14.5 Å². The number of ether oxygens (including phenoxy) is 1. The highest BCUT2D eigenvalue weighted by Gasteiger charge is 2.58. The first kappa shape index (κ1) is 22.2. The third-order valence-electron chi connectivity index (χ3n) is 6.78. The van der Waals surface area contributed by atoms with Crippen LogP contribution in [-0.2, 0) is 16.1 Å². The van der Waals surface area contributed by atoms with Gasteiger partial charge in [0.05, 0.1) is 18.7 Å². The second-order valence-electron chi connectivity index (χ2n) is 8.91. The quantitative estimate of drug-likeness (QED) is 0.599. The maximum absolute atomic E-state index is 14.6. The summed E-state index contributed by atoms with van der Waals surface area (Å²) in [6, 6.07) is 18.1. The summed E-state index contributed by atoms with van der Waals surface area (Å²) in [7, 11) is 0. The number of pyridine rings is 1. The van der Waals surface area contributed by atoms with Gasteiger partial charge in [0.2, 0.25) is 0 Å². The molecule has 1 spiro atoms. The third kappa shape index (κ3) is 3.86. The van der Waals surface area contributed by atoms with Crippen LogP contribution in [0, 0.1) is 12.7 Å². The molecule has 7 heteroatoms. The van der Waals surface area contributed by atoms with Gasteiger partial charge in [-0.2, -0.15) is 0 Å². The predicted molar refractivity (Wildman–Crippen MR) is 125 cm³/mol. The Kier molecular flexibility index (Phi) is 5.87. The predicted octanol–water partition coefficient (Wildman–Crippen LogP) is 3.57. The lowest BCUT2D eigenvalue weighted by Crippen LogP contribution is -2.59. The van der Waals surface area contributed by atoms with Crippen molar-refractivity contribution in [1.82, 2.24) is 14.8 Å². The minimum Gasteiger partial charge on any atom is -0.361 e. The Bertz CT molecular complexity index is 1180. The lowest BCUT2D eigenvalue weighted by atomic mass is 9.83. The average molecular weight is 460 g/mol. The van der Waals surface area contributed by atoms with E-state index in [4.69, 9.17) is 4.74 Å². The second kappa shape index (κ2) is 8.99. The molecule has 34 heavy (non-hydrogen) atoms. The first-order valence-electron chi connectivity index (χ1n) is 11.4. The van der Waals surface area contributed by atoms with Crippen LogP contribution in [0.4, 0.5) is 4.39 Å². The Hall–Kier alpha value is -3.58. The fourth-order valence-corrected chi connectivity index (χ4v) is 5.10. The smallest absolute Gasteiger partial charge is 0.257 e. The number of likely N-dealkylation sites (tertiary alicyclic amines) is 1. The molecule has 2 unspecified atom stereocenters. The molecular formula is C27H26FN3O3. The molecule has 2 amide bonds. The van der Waals surface area contributed by atoms with E-state index in [1.54, 1.807) is 41.2 Å². The number of amides is 2. The van der Waals surface area contributed by atoms with E-state index < -0.39 is 17.3 Å². The van der Waals surface area contributed by atoms with Crippen LogP contribution in [0.5, 0.6) is 0 Å². The van der Waals surface area contributed by atoms with Gasteiger partial charge in [-0.15, -0.1) is 0 Å². The molecule has 2 atom stereocenters. The molecule has 6 nitrogen and oxygen atoms in total. The number of carbonyl (C=O) groups is 2. The molecule has 2 aliphatic heterocycles. The van der Waals surface area contributed by atoms with Gasteiger partial charge in [0.1, 0.15) is 5.82 Å². The Labute approximate surface area is 198 Å². The van der Waals surface area contributed by atoms with Gasteiger partial charge in [-0.3, -0.25) is 14.6 Å². The molecule has 0 aliphatic carbocycles. The normalized spacial score (nSPS) is 22.4. The fourth-order valence-electron chi connectivity index (χ4n) is 5.10. The van der Waals surface area contributed by atoms with Gasteiger partial charge in [-0.1, -0.05) is 48.5 Å². The van der Waals surface area contributed by atoms with Crippen LogP contribution >= 0.6 is 0 Å². The van der Waals surface area contributed by atoms with Gasteiger partial charge in [-0.05, 0) is 35.7 Å². The Morgan fingerprint density at radius 1 is 1.15 bits per heavy atom. The van der Waals surface area contributed by atoms with Crippen molar-refractivity contribution >= 4 is 11.8 Å². The van der Waals surface area contributed by atoms with Crippen molar-refractivity contribution < 1.29 is 18.7 Å². The summed E-state index contributed by atoms with van der Waals surface area (Å²) in [6.45, 7) is 3.15. The molecule has 0 bridgehead atoms. The number of nitrogens with zero attached hydrogens (tertiary/aromatic N) is 3. The number of benzene rings is 2. The van der Waals surface area contributed by atoms with Crippen molar-refractivity contribution in [2.24, 2.45) is 0 Å². The number of rotatable bonds is 4. The van der Waals surface area contributed by atoms with Crippen LogP contribution in [0.25, 0.3) is 0 Å². The van der Waals surface area contributed by atoms with Crippen LogP contribution in [0.2, 0.25) is 0 Å². The minimum absolute atomic E-state index is 0.0495. The van der Waals surface area contributed by atoms with Crippen molar-refractivity contribution in [3.63, 3.8) is 0 Å². The SMILES string of the molecule is Cc1cccc(F)c1C(=O)N1CCOC2(C1)C(=O)N(Cc1cccnc1)CC2c1ccccc1. The van der Waals surface area contributed by atoms with E-state index in [1.165, 1.54) is 6.07 Å². The van der Waals surface area contributed by atoms with Crippen molar-refractivity contribution in [3.05, 3.63) is 101 Å². The van der Waals surface area contributed by atoms with Gasteiger partial charge in [0.25, 0.3) is 11.8 Å². The summed E-state index contributed by atoms with van der Waals surface area (Å²) in [6.07, 6.45) is 3.44. The zero-order chi connectivity index (χ0) is 23.7. The molecule has 1 aromatic heterocycles. The number of aromatic nitrogens is 1. The summed E-state index contributed by atoms with van der Waals surface area (Å²) >= 11 is 0. The first-order chi connectivity index (χ1) is 16.5. The average Bonchev–Trinajstić information content (AvgIpc) is 3.11. The van der Waals surface area contributed by atoms with Crippen LogP contribution in [0.1, 0.15) is 33.0 Å². The summed E-state index contributed by atoms with van der Waals surface area (Å²) < 4.78 is 20.8. The van der Waals surface area contributed by atoms with Crippen molar-refractivity contribution in [1.29, 1.82) is 0 Å². The zero-order valence-corrected chi connectivity index (χ0v) is 19.0. The lowest BCUT2D eigenvalue weighted by molar-refractivity contribution is -0.160. The molecule has 2 aromatic carbocycles. The Balaban J connectivity index is 1.50. The first-order valence-corrected chi connectivity index (χ1v) is 11.4. The van der Waals surface area contributed by atoms with Gasteiger partial charge in [0, 0.05) is 37.9 Å². The van der Waals surface area contributed by atoms with E-state index in [0.717, 1.165) is 11.1 Å². The standard InChI is InChI=1S/C27H26FN3O3/c1-19-7-5-11-23(28)24(19)25(32)30-13-14-34-27(18-30)22(21-9-3-2-4-10-21)17-31(26(27)33)16-20-8-6-12-29-15-20/h2-12,15,22H,13-14,16-18H2,1H3. The molecule has 0 N–H and O–H groups in total. The van der Waals surface area contributed by atoms with Crippen LogP contribution in [0.15, 0.2) is 73.1 Å². The number of hydrogen-bond donors (Lipinski definition) is 0. The molecule has 3 aromatic rings. The lowest BCUT2D eigenvalue weighted by Gasteiger charge is -2.42. The zero-order valence-electron chi connectivity index (χ0n) is 19.0. The highest BCUT2D eigenvalue weighted by Crippen LogP contribution is 2.43. The molecule has 5 rings (SSSR count). The highest BCUT2D eigenvalue weighted by atomic mass is 19.1. The second-order valence-corrected chi connectivity index (χ2v) is 8.91. The van der Waals surface area contributed by atoms with E-state index in [9.17, 15) is 14.0 Å². The van der Waals surface area contributed by atoms with Gasteiger partial charge in [-0.25, -0.2) is 4.39 Å². The van der Waals surface area contributed by atoms with E-state index in [2.05, 4.69) is 4.98 Å². The molecule has 0 saturated carbocycles. The van der Waals surface area contributed by atoms with E-state index in [0.29, 0.717) is 25.2 Å². The number of hydrogen-bond acceptors (Lipinski definition) is 4. The third-order valence-corrected chi connectivity index (χ3v) is 6.78. The maximum Gasteiger partial charge on any atom is 0.257 e. The molecule has 3 heterocycles. The van der Waals surface area contributed by atoms with Crippen molar-refractivity contribution in [2.45, 2.75) is 25.0 Å². The highest BCUT2D eigenvalue weighted by molar-refractivity contribution is 5.97. The monoisotopic (exact) mass is 459 g/mol. The fraction of sp³-hybridized carbons (Fsp3) is 0.296. The van der Waals surface area contributed by atoms with Gasteiger partial charge in [0.15, 0.2) is 5.60 Å². The molecule has 174 valence electrons. The topological polar surface area (TPSA) is 62.7 Å². The number of aryl methyl sites for hydroxylation is 1. The molecule has 2 fully saturated rings. The maximum atomic E-state index is 14.6. The summed E-state index contributed by atoms with van der Waals surface area (Å²) in [5.74, 6) is -1.40. The van der Waals surface area contributed by atoms with E-state index >= 15 is 0 Å². The van der Waals surface area contributed by atoms with Crippen molar-refractivity contribution in [2.75, 3.05) is 26.2 Å². The summed E-state index contributed by atoms with van der Waals surface area (Å²) in [5.41, 5.74) is 1.29. The minimum atomic E-state index is -1.23. The Morgan fingerprint density at radius 2 is 1.97 bits per heavy atom. The number of carbonyl (C=O) groups excluding carboxylic acids is 2. The van der Waals surface area contributed by atoms with E-state index in [1.807, 2.05) is 42.5 Å². The summed E-state index contributed by atoms with van der Waals surface area (Å²) in [4.78, 5) is 34.8. The largest absolute Gasteiger partial charge is 0.361 e. The molecule has 0 radical (unpaired) electrons. The van der Waals surface area contributed by atoms with Gasteiger partial charge >= 0.3 is 0 Å². The number of morpholine rings is 1. The van der Waals surface area contributed by atoms with E-state index in [-0.39, 0.29) is 30.5 Å².